The van der Waals surface area contributed by atoms with Gasteiger partial charge in [-0.15, -0.1) is 5.10 Å². The molecule has 0 bridgehead atoms. The zero-order valence-corrected chi connectivity index (χ0v) is 16.1. The van der Waals surface area contributed by atoms with Crippen LogP contribution in [0.3, 0.4) is 0 Å². The van der Waals surface area contributed by atoms with Crippen molar-refractivity contribution in [3.63, 3.8) is 0 Å². The molecule has 1 aliphatic rings. The van der Waals surface area contributed by atoms with E-state index in [0.29, 0.717) is 18.3 Å². The Balaban J connectivity index is 1.30. The van der Waals surface area contributed by atoms with Crippen molar-refractivity contribution in [2.75, 3.05) is 18.0 Å². The van der Waals surface area contributed by atoms with Crippen LogP contribution in [-0.2, 0) is 6.54 Å². The van der Waals surface area contributed by atoms with Crippen molar-refractivity contribution in [1.82, 2.24) is 24.5 Å². The molecule has 3 aromatic heterocycles. The van der Waals surface area contributed by atoms with Gasteiger partial charge in [-0.2, -0.15) is 5.10 Å². The summed E-state index contributed by atoms with van der Waals surface area (Å²) in [4.78, 5) is 19.2. The standard InChI is InChI=1S/C22H22N6O/c29-22-7-6-21(27-13-3-11-24-27)25-28(22)16-17-9-14-26(15-10-17)20-8-12-23-19-5-2-1-4-18(19)20/h1-8,11-13,17H,9-10,14-16H2. The summed E-state index contributed by atoms with van der Waals surface area (Å²) in [6.45, 7) is 2.57. The molecule has 7 nitrogen and oxygen atoms in total. The lowest BCUT2D eigenvalue weighted by Gasteiger charge is -2.34. The summed E-state index contributed by atoms with van der Waals surface area (Å²) in [5.41, 5.74) is 2.20. The number of piperidine rings is 1. The van der Waals surface area contributed by atoms with E-state index in [1.54, 1.807) is 27.7 Å². The third-order valence-electron chi connectivity index (χ3n) is 5.60. The zero-order valence-electron chi connectivity index (χ0n) is 16.1. The number of fused-ring (bicyclic) bond motifs is 1. The first kappa shape index (κ1) is 17.6. The Labute approximate surface area is 168 Å². The normalized spacial score (nSPS) is 15.1. The molecule has 1 aromatic carbocycles. The Morgan fingerprint density at radius 1 is 0.966 bits per heavy atom. The van der Waals surface area contributed by atoms with Gasteiger partial charge in [0.2, 0.25) is 0 Å². The molecule has 7 heteroatoms. The van der Waals surface area contributed by atoms with Crippen molar-refractivity contribution in [2.24, 2.45) is 5.92 Å². The van der Waals surface area contributed by atoms with Crippen molar-refractivity contribution in [3.05, 3.63) is 77.5 Å². The van der Waals surface area contributed by atoms with Gasteiger partial charge >= 0.3 is 0 Å². The molecule has 4 heterocycles. The van der Waals surface area contributed by atoms with E-state index >= 15 is 0 Å². The molecule has 0 amide bonds. The van der Waals surface area contributed by atoms with E-state index in [-0.39, 0.29) is 5.56 Å². The highest BCUT2D eigenvalue weighted by atomic mass is 16.1. The van der Waals surface area contributed by atoms with Crippen LogP contribution in [-0.4, -0.2) is 37.6 Å². The minimum absolute atomic E-state index is 0.0662. The second-order valence-corrected chi connectivity index (χ2v) is 7.44. The van der Waals surface area contributed by atoms with Crippen LogP contribution in [0.1, 0.15) is 12.8 Å². The minimum Gasteiger partial charge on any atom is -0.371 e. The van der Waals surface area contributed by atoms with Crippen molar-refractivity contribution >= 4 is 16.6 Å². The zero-order chi connectivity index (χ0) is 19.6. The van der Waals surface area contributed by atoms with Crippen LogP contribution in [0, 0.1) is 5.92 Å². The number of para-hydroxylation sites is 1. The van der Waals surface area contributed by atoms with Crippen LogP contribution in [0.25, 0.3) is 16.7 Å². The largest absolute Gasteiger partial charge is 0.371 e. The molecule has 0 atom stereocenters. The van der Waals surface area contributed by atoms with E-state index in [2.05, 4.69) is 44.3 Å². The van der Waals surface area contributed by atoms with Crippen molar-refractivity contribution < 1.29 is 0 Å². The first-order valence-electron chi connectivity index (χ1n) is 9.95. The third kappa shape index (κ3) is 3.51. The Kier molecular flexibility index (Phi) is 4.56. The maximum atomic E-state index is 12.3. The fraction of sp³-hybridized carbons (Fsp3) is 0.273. The highest BCUT2D eigenvalue weighted by Gasteiger charge is 2.22. The van der Waals surface area contributed by atoms with Crippen LogP contribution in [0.15, 0.2) is 71.9 Å². The average molecular weight is 386 g/mol. The van der Waals surface area contributed by atoms with Gasteiger partial charge in [0.25, 0.3) is 5.56 Å². The SMILES string of the molecule is O=c1ccc(-n2cccn2)nn1CC1CCN(c2ccnc3ccccc23)CC1. The van der Waals surface area contributed by atoms with Crippen molar-refractivity contribution in [3.8, 4) is 5.82 Å². The van der Waals surface area contributed by atoms with E-state index in [4.69, 9.17) is 0 Å². The minimum atomic E-state index is -0.0662. The first-order valence-corrected chi connectivity index (χ1v) is 9.95. The van der Waals surface area contributed by atoms with Gasteiger partial charge in [-0.1, -0.05) is 18.2 Å². The lowest BCUT2D eigenvalue weighted by Crippen LogP contribution is -2.37. The van der Waals surface area contributed by atoms with E-state index < -0.39 is 0 Å². The summed E-state index contributed by atoms with van der Waals surface area (Å²) in [5.74, 6) is 1.09. The number of pyridine rings is 1. The van der Waals surface area contributed by atoms with Gasteiger partial charge in [-0.25, -0.2) is 9.36 Å². The highest BCUT2D eigenvalue weighted by molar-refractivity contribution is 5.91. The molecule has 0 spiro atoms. The summed E-state index contributed by atoms with van der Waals surface area (Å²) >= 11 is 0. The maximum Gasteiger partial charge on any atom is 0.266 e. The molecule has 1 fully saturated rings. The number of anilines is 1. The topological polar surface area (TPSA) is 68.8 Å². The molecule has 0 saturated carbocycles. The number of hydrogen-bond donors (Lipinski definition) is 0. The number of rotatable bonds is 4. The molecule has 29 heavy (non-hydrogen) atoms. The van der Waals surface area contributed by atoms with E-state index in [1.165, 1.54) is 11.1 Å². The summed E-state index contributed by atoms with van der Waals surface area (Å²) in [7, 11) is 0. The Morgan fingerprint density at radius 2 is 1.83 bits per heavy atom. The predicted octanol–water partition coefficient (Wildman–Crippen LogP) is 2.89. The number of benzene rings is 1. The fourth-order valence-corrected chi connectivity index (χ4v) is 4.05. The van der Waals surface area contributed by atoms with Crippen LogP contribution in [0.4, 0.5) is 5.69 Å². The quantitative estimate of drug-likeness (QED) is 0.539. The van der Waals surface area contributed by atoms with Gasteiger partial charge in [-0.3, -0.25) is 9.78 Å². The molecular formula is C22H22N6O. The Morgan fingerprint density at radius 3 is 2.66 bits per heavy atom. The maximum absolute atomic E-state index is 12.3. The number of hydrogen-bond acceptors (Lipinski definition) is 5. The van der Waals surface area contributed by atoms with Gasteiger partial charge in [0, 0.05) is 55.4 Å². The summed E-state index contributed by atoms with van der Waals surface area (Å²) in [6, 6.07) is 15.5. The molecular weight excluding hydrogens is 364 g/mol. The monoisotopic (exact) mass is 386 g/mol. The molecule has 0 N–H and O–H groups in total. The Bertz CT molecular complexity index is 1170. The lowest BCUT2D eigenvalue weighted by molar-refractivity contribution is 0.334. The molecule has 5 rings (SSSR count). The smallest absolute Gasteiger partial charge is 0.266 e. The third-order valence-corrected chi connectivity index (χ3v) is 5.60. The van der Waals surface area contributed by atoms with Gasteiger partial charge in [0.05, 0.1) is 5.52 Å². The number of aromatic nitrogens is 5. The average Bonchev–Trinajstić information content (AvgIpc) is 3.30. The molecule has 0 unspecified atom stereocenters. The summed E-state index contributed by atoms with van der Waals surface area (Å²) in [6.07, 6.45) is 7.46. The molecule has 4 aromatic rings. The van der Waals surface area contributed by atoms with E-state index in [1.807, 2.05) is 24.5 Å². The van der Waals surface area contributed by atoms with Gasteiger partial charge in [0.15, 0.2) is 5.82 Å². The van der Waals surface area contributed by atoms with Crippen molar-refractivity contribution in [2.45, 2.75) is 19.4 Å². The summed E-state index contributed by atoms with van der Waals surface area (Å²) in [5, 5.41) is 9.90. The summed E-state index contributed by atoms with van der Waals surface area (Å²) < 4.78 is 3.26. The molecule has 1 aliphatic heterocycles. The van der Waals surface area contributed by atoms with E-state index in [0.717, 1.165) is 31.4 Å². The first-order chi connectivity index (χ1) is 14.3. The second-order valence-electron chi connectivity index (χ2n) is 7.44. The van der Waals surface area contributed by atoms with Crippen LogP contribution in [0.5, 0.6) is 0 Å². The van der Waals surface area contributed by atoms with Crippen LogP contribution < -0.4 is 10.5 Å². The van der Waals surface area contributed by atoms with Crippen LogP contribution in [0.2, 0.25) is 0 Å². The molecule has 146 valence electrons. The Hall–Kier alpha value is -3.48. The highest BCUT2D eigenvalue weighted by Crippen LogP contribution is 2.29. The second kappa shape index (κ2) is 7.50. The fourth-order valence-electron chi connectivity index (χ4n) is 4.05. The lowest BCUT2D eigenvalue weighted by atomic mass is 9.96. The number of nitrogens with zero attached hydrogens (tertiary/aromatic N) is 6. The van der Waals surface area contributed by atoms with Crippen molar-refractivity contribution in [1.29, 1.82) is 0 Å². The van der Waals surface area contributed by atoms with Crippen LogP contribution >= 0.6 is 0 Å². The van der Waals surface area contributed by atoms with Gasteiger partial charge in [-0.05, 0) is 43.0 Å². The van der Waals surface area contributed by atoms with Gasteiger partial charge < -0.3 is 4.90 Å². The predicted molar refractivity (Wildman–Crippen MR) is 112 cm³/mol. The van der Waals surface area contributed by atoms with Gasteiger partial charge in [0.1, 0.15) is 0 Å². The molecule has 0 aliphatic carbocycles. The molecule has 1 saturated heterocycles. The molecule has 0 radical (unpaired) electrons. The van der Waals surface area contributed by atoms with E-state index in [9.17, 15) is 4.79 Å².